The van der Waals surface area contributed by atoms with E-state index in [1.807, 2.05) is 13.0 Å². The molecule has 124 valence electrons. The van der Waals surface area contributed by atoms with Gasteiger partial charge in [0.05, 0.1) is 17.2 Å². The van der Waals surface area contributed by atoms with Crippen molar-refractivity contribution in [3.63, 3.8) is 0 Å². The summed E-state index contributed by atoms with van der Waals surface area (Å²) in [5.41, 5.74) is 9.11. The highest BCUT2D eigenvalue weighted by Crippen LogP contribution is 2.13. The Bertz CT molecular complexity index is 637. The van der Waals surface area contributed by atoms with Gasteiger partial charge in [-0.25, -0.2) is 9.98 Å². The Hall–Kier alpha value is -1.41. The maximum Gasteiger partial charge on any atom is 0.189 e. The van der Waals surface area contributed by atoms with Crippen LogP contribution in [-0.4, -0.2) is 17.5 Å². The molecule has 0 amide bonds. The fourth-order valence-electron chi connectivity index (χ4n) is 1.90. The first-order valence-electron chi connectivity index (χ1n) is 7.29. The van der Waals surface area contributed by atoms with Crippen LogP contribution in [0.4, 0.5) is 0 Å². The number of guanidine groups is 1. The van der Waals surface area contributed by atoms with Gasteiger partial charge in [0.2, 0.25) is 0 Å². The topological polar surface area (TPSA) is 63.3 Å². The predicted molar refractivity (Wildman–Crippen MR) is 110 cm³/mol. The number of rotatable bonds is 7. The van der Waals surface area contributed by atoms with Gasteiger partial charge in [0.15, 0.2) is 5.96 Å². The van der Waals surface area contributed by atoms with Crippen LogP contribution in [-0.2, 0) is 19.4 Å². The van der Waals surface area contributed by atoms with E-state index in [9.17, 15) is 0 Å². The van der Waals surface area contributed by atoms with Gasteiger partial charge in [-0.3, -0.25) is 0 Å². The number of nitrogens with zero attached hydrogens (tertiary/aromatic N) is 2. The second-order valence-electron chi connectivity index (χ2n) is 5.23. The lowest BCUT2D eigenvalue weighted by Gasteiger charge is -2.03. The number of hydrogen-bond acceptors (Lipinski definition) is 3. The lowest BCUT2D eigenvalue weighted by atomic mass is 10.1. The van der Waals surface area contributed by atoms with E-state index >= 15 is 0 Å². The highest BCUT2D eigenvalue weighted by atomic mass is 127. The molecular formula is C17H23IN4S. The summed E-state index contributed by atoms with van der Waals surface area (Å²) in [6.07, 6.45) is 1.97. The number of thiazole rings is 1. The maximum absolute atomic E-state index is 5.78. The average Bonchev–Trinajstić information content (AvgIpc) is 2.98. The zero-order valence-corrected chi connectivity index (χ0v) is 16.4. The van der Waals surface area contributed by atoms with Gasteiger partial charge in [0.1, 0.15) is 0 Å². The van der Waals surface area contributed by atoms with E-state index in [-0.39, 0.29) is 24.0 Å². The highest BCUT2D eigenvalue weighted by Gasteiger charge is 2.02. The van der Waals surface area contributed by atoms with Crippen molar-refractivity contribution in [3.8, 4) is 0 Å². The first-order valence-corrected chi connectivity index (χ1v) is 8.17. The third kappa shape index (κ3) is 7.60. The minimum absolute atomic E-state index is 0. The molecule has 4 nitrogen and oxygen atoms in total. The van der Waals surface area contributed by atoms with Crippen molar-refractivity contribution >= 4 is 41.3 Å². The van der Waals surface area contributed by atoms with Crippen LogP contribution in [0.25, 0.3) is 0 Å². The zero-order chi connectivity index (χ0) is 15.8. The lowest BCUT2D eigenvalue weighted by molar-refractivity contribution is 0.899. The number of aliphatic imine (C=N–C) groups is 1. The number of nitrogens with one attached hydrogen (secondary N) is 1. The zero-order valence-electron chi connectivity index (χ0n) is 13.3. The van der Waals surface area contributed by atoms with Crippen molar-refractivity contribution in [1.29, 1.82) is 0 Å². The number of aromatic nitrogens is 1. The number of nitrogens with two attached hydrogens (primary N) is 1. The van der Waals surface area contributed by atoms with Gasteiger partial charge < -0.3 is 11.1 Å². The number of hydrogen-bond donors (Lipinski definition) is 2. The highest BCUT2D eigenvalue weighted by molar-refractivity contribution is 14.0. The molecule has 0 aliphatic carbocycles. The van der Waals surface area contributed by atoms with Crippen molar-refractivity contribution in [1.82, 2.24) is 10.3 Å². The Morgan fingerprint density at radius 2 is 2.04 bits per heavy atom. The molecule has 0 spiro atoms. The van der Waals surface area contributed by atoms with Crippen LogP contribution in [0.1, 0.15) is 23.2 Å². The first-order chi connectivity index (χ1) is 10.6. The SMILES string of the molecule is C=C(C)CNC(N)=NCc1csc(CCc2ccccc2)n1.I. The molecule has 0 unspecified atom stereocenters. The van der Waals surface area contributed by atoms with E-state index < -0.39 is 0 Å². The number of benzene rings is 1. The van der Waals surface area contributed by atoms with Gasteiger partial charge in [-0.15, -0.1) is 35.3 Å². The van der Waals surface area contributed by atoms with Crippen LogP contribution >= 0.6 is 35.3 Å². The van der Waals surface area contributed by atoms with Crippen LogP contribution in [0.15, 0.2) is 52.9 Å². The molecule has 1 aromatic carbocycles. The fourth-order valence-corrected chi connectivity index (χ4v) is 2.69. The summed E-state index contributed by atoms with van der Waals surface area (Å²) in [6.45, 7) is 6.91. The van der Waals surface area contributed by atoms with Crippen LogP contribution in [0, 0.1) is 0 Å². The molecule has 0 bridgehead atoms. The smallest absolute Gasteiger partial charge is 0.189 e. The molecule has 1 aromatic heterocycles. The summed E-state index contributed by atoms with van der Waals surface area (Å²) in [5, 5.41) is 6.20. The molecule has 2 aromatic rings. The van der Waals surface area contributed by atoms with E-state index in [2.05, 4.69) is 51.5 Å². The molecule has 1 heterocycles. The summed E-state index contributed by atoms with van der Waals surface area (Å²) in [4.78, 5) is 8.89. The Labute approximate surface area is 159 Å². The molecular weight excluding hydrogens is 419 g/mol. The standard InChI is InChI=1S/C17H22N4S.HI/c1-13(2)10-19-17(18)20-11-15-12-22-16(21-15)9-8-14-6-4-3-5-7-14;/h3-7,12H,1,8-11H2,2H3,(H3,18,19,20);1H. The molecule has 0 atom stereocenters. The molecule has 0 saturated heterocycles. The van der Waals surface area contributed by atoms with Crippen LogP contribution in [0.3, 0.4) is 0 Å². The second-order valence-corrected chi connectivity index (χ2v) is 6.17. The average molecular weight is 442 g/mol. The van der Waals surface area contributed by atoms with Gasteiger partial charge in [-0.2, -0.15) is 0 Å². The van der Waals surface area contributed by atoms with E-state index in [1.54, 1.807) is 11.3 Å². The van der Waals surface area contributed by atoms with Crippen molar-refractivity contribution in [3.05, 3.63) is 64.1 Å². The van der Waals surface area contributed by atoms with Crippen LogP contribution in [0.5, 0.6) is 0 Å². The van der Waals surface area contributed by atoms with Gasteiger partial charge in [0, 0.05) is 18.3 Å². The largest absolute Gasteiger partial charge is 0.370 e. The monoisotopic (exact) mass is 442 g/mol. The van der Waals surface area contributed by atoms with Crippen LogP contribution < -0.4 is 11.1 Å². The molecule has 6 heteroatoms. The molecule has 0 aliphatic rings. The van der Waals surface area contributed by atoms with Gasteiger partial charge in [-0.05, 0) is 18.9 Å². The summed E-state index contributed by atoms with van der Waals surface area (Å²) in [6, 6.07) is 10.5. The maximum atomic E-state index is 5.78. The minimum atomic E-state index is 0. The quantitative estimate of drug-likeness (QED) is 0.299. The Morgan fingerprint density at radius 3 is 2.74 bits per heavy atom. The van der Waals surface area contributed by atoms with Gasteiger partial charge >= 0.3 is 0 Å². The Balaban J connectivity index is 0.00000264. The fraction of sp³-hybridized carbons (Fsp3) is 0.294. The predicted octanol–water partition coefficient (Wildman–Crippen LogP) is 3.53. The molecule has 0 saturated carbocycles. The second kappa shape index (κ2) is 10.4. The summed E-state index contributed by atoms with van der Waals surface area (Å²) in [7, 11) is 0. The van der Waals surface area contributed by atoms with Crippen molar-refractivity contribution < 1.29 is 0 Å². The Kier molecular flexibility index (Phi) is 8.86. The number of aryl methyl sites for hydroxylation is 2. The molecule has 0 fully saturated rings. The summed E-state index contributed by atoms with van der Waals surface area (Å²) < 4.78 is 0. The minimum Gasteiger partial charge on any atom is -0.370 e. The summed E-state index contributed by atoms with van der Waals surface area (Å²) in [5.74, 6) is 0.432. The molecule has 23 heavy (non-hydrogen) atoms. The third-order valence-corrected chi connectivity index (χ3v) is 4.01. The van der Waals surface area contributed by atoms with E-state index in [1.165, 1.54) is 5.56 Å². The first kappa shape index (κ1) is 19.6. The lowest BCUT2D eigenvalue weighted by Crippen LogP contribution is -2.32. The van der Waals surface area contributed by atoms with Crippen molar-refractivity contribution in [2.75, 3.05) is 6.54 Å². The number of halogens is 1. The van der Waals surface area contributed by atoms with Crippen molar-refractivity contribution in [2.24, 2.45) is 10.7 Å². The molecule has 2 rings (SSSR count). The molecule has 3 N–H and O–H groups in total. The molecule has 0 aliphatic heterocycles. The van der Waals surface area contributed by atoms with Gasteiger partial charge in [-0.1, -0.05) is 42.5 Å². The normalized spacial score (nSPS) is 10.9. The summed E-state index contributed by atoms with van der Waals surface area (Å²) >= 11 is 1.68. The van der Waals surface area contributed by atoms with Gasteiger partial charge in [0.25, 0.3) is 0 Å². The van der Waals surface area contributed by atoms with E-state index in [0.717, 1.165) is 29.1 Å². The molecule has 0 radical (unpaired) electrons. The Morgan fingerprint density at radius 1 is 1.30 bits per heavy atom. The third-order valence-electron chi connectivity index (χ3n) is 3.05. The van der Waals surface area contributed by atoms with Crippen LogP contribution in [0.2, 0.25) is 0 Å². The van der Waals surface area contributed by atoms with E-state index in [4.69, 9.17) is 5.73 Å². The van der Waals surface area contributed by atoms with Crippen molar-refractivity contribution in [2.45, 2.75) is 26.3 Å². The van der Waals surface area contributed by atoms with E-state index in [0.29, 0.717) is 19.0 Å².